The van der Waals surface area contributed by atoms with Gasteiger partial charge in [-0.1, -0.05) is 35.9 Å². The molecule has 0 fully saturated rings. The van der Waals surface area contributed by atoms with Gasteiger partial charge in [0.05, 0.1) is 21.7 Å². The molecule has 90 valence electrons. The Morgan fingerprint density at radius 1 is 1.11 bits per heavy atom. The van der Waals surface area contributed by atoms with Gasteiger partial charge in [-0.2, -0.15) is 0 Å². The predicted octanol–water partition coefficient (Wildman–Crippen LogP) is 3.28. The number of nitrogens with zero attached hydrogens (tertiary/aromatic N) is 1. The Morgan fingerprint density at radius 2 is 1.89 bits per heavy atom. The van der Waals surface area contributed by atoms with Crippen molar-refractivity contribution in [1.82, 2.24) is 9.55 Å². The van der Waals surface area contributed by atoms with Gasteiger partial charge in [-0.3, -0.25) is 4.57 Å². The van der Waals surface area contributed by atoms with E-state index in [1.165, 1.54) is 0 Å². The van der Waals surface area contributed by atoms with Gasteiger partial charge in [-0.15, -0.1) is 0 Å². The third-order valence-corrected chi connectivity index (χ3v) is 3.32. The van der Waals surface area contributed by atoms with E-state index in [9.17, 15) is 4.79 Å². The Kier molecular flexibility index (Phi) is 2.49. The minimum Gasteiger partial charge on any atom is -0.305 e. The largest absolute Gasteiger partial charge is 0.331 e. The third kappa shape index (κ3) is 1.56. The SMILES string of the molecule is Cc1ccccc1-n1c(=O)[nH]c2cccc(Cl)c21. The molecule has 0 aliphatic rings. The number of halogens is 1. The monoisotopic (exact) mass is 258 g/mol. The van der Waals surface area contributed by atoms with Crippen LogP contribution in [0.4, 0.5) is 0 Å². The summed E-state index contributed by atoms with van der Waals surface area (Å²) in [7, 11) is 0. The van der Waals surface area contributed by atoms with Crippen LogP contribution in [0.15, 0.2) is 47.3 Å². The number of aromatic amines is 1. The molecule has 0 bridgehead atoms. The minimum atomic E-state index is -0.174. The highest BCUT2D eigenvalue weighted by molar-refractivity contribution is 6.35. The van der Waals surface area contributed by atoms with Crippen molar-refractivity contribution in [1.29, 1.82) is 0 Å². The van der Waals surface area contributed by atoms with Gasteiger partial charge in [0.15, 0.2) is 0 Å². The van der Waals surface area contributed by atoms with E-state index in [-0.39, 0.29) is 5.69 Å². The molecule has 2 aromatic carbocycles. The smallest absolute Gasteiger partial charge is 0.305 e. The Morgan fingerprint density at radius 3 is 2.67 bits per heavy atom. The number of H-pyrrole nitrogens is 1. The first-order valence-corrected chi connectivity index (χ1v) is 6.01. The van der Waals surface area contributed by atoms with Crippen LogP contribution in [-0.4, -0.2) is 9.55 Å². The molecule has 0 amide bonds. The highest BCUT2D eigenvalue weighted by Crippen LogP contribution is 2.24. The summed E-state index contributed by atoms with van der Waals surface area (Å²) < 4.78 is 1.62. The lowest BCUT2D eigenvalue weighted by molar-refractivity contribution is 1.00. The predicted molar refractivity (Wildman–Crippen MR) is 73.6 cm³/mol. The van der Waals surface area contributed by atoms with Gasteiger partial charge in [-0.05, 0) is 30.7 Å². The van der Waals surface area contributed by atoms with Crippen molar-refractivity contribution in [3.05, 3.63) is 63.5 Å². The van der Waals surface area contributed by atoms with Gasteiger partial charge < -0.3 is 4.98 Å². The van der Waals surface area contributed by atoms with E-state index in [1.807, 2.05) is 43.3 Å². The van der Waals surface area contributed by atoms with Crippen molar-refractivity contribution in [3.63, 3.8) is 0 Å². The van der Waals surface area contributed by atoms with Crippen molar-refractivity contribution in [2.45, 2.75) is 6.92 Å². The number of hydrogen-bond acceptors (Lipinski definition) is 1. The standard InChI is InChI=1S/C14H11ClN2O/c1-9-5-2-3-8-12(9)17-13-10(15)6-4-7-11(13)16-14(17)18/h2-8H,1H3,(H,16,18). The van der Waals surface area contributed by atoms with Crippen LogP contribution in [0.3, 0.4) is 0 Å². The number of aryl methyl sites for hydroxylation is 1. The van der Waals surface area contributed by atoms with Crippen LogP contribution in [0.2, 0.25) is 5.02 Å². The van der Waals surface area contributed by atoms with E-state index < -0.39 is 0 Å². The Balaban J connectivity index is 2.47. The number of rotatable bonds is 1. The maximum absolute atomic E-state index is 12.1. The maximum Gasteiger partial charge on any atom is 0.331 e. The molecule has 3 aromatic rings. The summed E-state index contributed by atoms with van der Waals surface area (Å²) in [6.45, 7) is 1.97. The molecule has 0 radical (unpaired) electrons. The van der Waals surface area contributed by atoms with Gasteiger partial charge in [0.1, 0.15) is 0 Å². The van der Waals surface area contributed by atoms with Crippen LogP contribution in [0.5, 0.6) is 0 Å². The van der Waals surface area contributed by atoms with Gasteiger partial charge in [0, 0.05) is 0 Å². The summed E-state index contributed by atoms with van der Waals surface area (Å²) in [4.78, 5) is 14.9. The van der Waals surface area contributed by atoms with Crippen LogP contribution in [0.1, 0.15) is 5.56 Å². The van der Waals surface area contributed by atoms with Gasteiger partial charge in [0.25, 0.3) is 0 Å². The topological polar surface area (TPSA) is 37.8 Å². The Hall–Kier alpha value is -2.00. The molecule has 0 unspecified atom stereocenters. The summed E-state index contributed by atoms with van der Waals surface area (Å²) in [6, 6.07) is 13.2. The van der Waals surface area contributed by atoms with Crippen LogP contribution in [-0.2, 0) is 0 Å². The molecule has 0 spiro atoms. The molecule has 0 atom stereocenters. The van der Waals surface area contributed by atoms with Crippen LogP contribution in [0, 0.1) is 6.92 Å². The van der Waals surface area contributed by atoms with Gasteiger partial charge in [-0.25, -0.2) is 4.79 Å². The first-order chi connectivity index (χ1) is 8.68. The van der Waals surface area contributed by atoms with Crippen molar-refractivity contribution in [3.8, 4) is 5.69 Å². The fourth-order valence-corrected chi connectivity index (χ4v) is 2.42. The lowest BCUT2D eigenvalue weighted by Crippen LogP contribution is -2.15. The molecule has 0 saturated carbocycles. The maximum atomic E-state index is 12.1. The molecule has 1 aromatic heterocycles. The van der Waals surface area contributed by atoms with E-state index in [0.29, 0.717) is 5.02 Å². The first kappa shape index (κ1) is 11.1. The molecule has 0 aliphatic carbocycles. The van der Waals surface area contributed by atoms with E-state index in [4.69, 9.17) is 11.6 Å². The summed E-state index contributed by atoms with van der Waals surface area (Å²) in [5, 5.41) is 0.564. The average Bonchev–Trinajstić information content (AvgIpc) is 2.68. The number of para-hydroxylation sites is 2. The number of fused-ring (bicyclic) bond motifs is 1. The number of aromatic nitrogens is 2. The van der Waals surface area contributed by atoms with Crippen LogP contribution in [0.25, 0.3) is 16.7 Å². The highest BCUT2D eigenvalue weighted by atomic mass is 35.5. The second-order valence-electron chi connectivity index (χ2n) is 4.19. The van der Waals surface area contributed by atoms with Gasteiger partial charge >= 0.3 is 5.69 Å². The second-order valence-corrected chi connectivity index (χ2v) is 4.60. The zero-order valence-electron chi connectivity index (χ0n) is 9.77. The first-order valence-electron chi connectivity index (χ1n) is 5.64. The highest BCUT2D eigenvalue weighted by Gasteiger charge is 2.12. The van der Waals surface area contributed by atoms with Crippen LogP contribution >= 0.6 is 11.6 Å². The molecular formula is C14H11ClN2O. The molecule has 18 heavy (non-hydrogen) atoms. The lowest BCUT2D eigenvalue weighted by atomic mass is 10.2. The van der Waals surface area contributed by atoms with Crippen LogP contribution < -0.4 is 5.69 Å². The fourth-order valence-electron chi connectivity index (χ4n) is 2.16. The summed E-state index contributed by atoms with van der Waals surface area (Å²) in [5.41, 5.74) is 3.17. The van der Waals surface area contributed by atoms with Crippen molar-refractivity contribution >= 4 is 22.6 Å². The molecule has 1 heterocycles. The minimum absolute atomic E-state index is 0.174. The quantitative estimate of drug-likeness (QED) is 0.715. The van der Waals surface area contributed by atoms with Crippen molar-refractivity contribution < 1.29 is 0 Å². The molecular weight excluding hydrogens is 248 g/mol. The number of imidazole rings is 1. The molecule has 0 saturated heterocycles. The van der Waals surface area contributed by atoms with E-state index in [0.717, 1.165) is 22.3 Å². The average molecular weight is 259 g/mol. The third-order valence-electron chi connectivity index (χ3n) is 3.01. The Bertz CT molecular complexity index is 786. The molecule has 0 aliphatic heterocycles. The summed E-state index contributed by atoms with van der Waals surface area (Å²) in [5.74, 6) is 0. The zero-order valence-corrected chi connectivity index (χ0v) is 10.5. The molecule has 3 rings (SSSR count). The summed E-state index contributed by atoms with van der Waals surface area (Å²) >= 11 is 6.20. The molecule has 1 N–H and O–H groups in total. The van der Waals surface area contributed by atoms with E-state index in [1.54, 1.807) is 10.6 Å². The molecule has 3 nitrogen and oxygen atoms in total. The van der Waals surface area contributed by atoms with E-state index >= 15 is 0 Å². The summed E-state index contributed by atoms with van der Waals surface area (Å²) in [6.07, 6.45) is 0. The van der Waals surface area contributed by atoms with Gasteiger partial charge in [0.2, 0.25) is 0 Å². The molecule has 4 heteroatoms. The zero-order chi connectivity index (χ0) is 12.7. The number of hydrogen-bond donors (Lipinski definition) is 1. The normalized spacial score (nSPS) is 11.0. The second kappa shape index (κ2) is 4.03. The lowest BCUT2D eigenvalue weighted by Gasteiger charge is -2.07. The Labute approximate surface area is 109 Å². The fraction of sp³-hybridized carbons (Fsp3) is 0.0714. The van der Waals surface area contributed by atoms with E-state index in [2.05, 4.69) is 4.98 Å². The number of nitrogens with one attached hydrogen (secondary N) is 1. The number of benzene rings is 2. The van der Waals surface area contributed by atoms with Crippen molar-refractivity contribution in [2.24, 2.45) is 0 Å². The van der Waals surface area contributed by atoms with Crippen molar-refractivity contribution in [2.75, 3.05) is 0 Å².